The molecule has 1 aliphatic rings. The number of hydrogen-bond acceptors (Lipinski definition) is 7. The molecule has 1 aromatic carbocycles. The van der Waals surface area contributed by atoms with E-state index in [1.54, 1.807) is 23.1 Å². The number of rotatable bonds is 6. The Morgan fingerprint density at radius 1 is 0.976 bits per heavy atom. The van der Waals surface area contributed by atoms with Crippen LogP contribution in [0, 0.1) is 11.7 Å². The number of oxazole rings is 1. The molecule has 0 bridgehead atoms. The molecular weight excluding hydrogens is 544 g/mol. The standard InChI is InChI=1S/C28H24F4N6O3/c1-16-5-4-12-38(15-16)27-37-24(28(30,31)32)23(41-27)26(40)36-22-11-9-18(14-34-22)17-8-10-21(33-13-17)25(39)35-20-7-3-2-6-19(20)29/h2-3,6-11,13-14,16H,4-5,12,15H2,1H3,(H,35,39)(H,34,36,40). The molecule has 0 spiro atoms. The van der Waals surface area contributed by atoms with Crippen LogP contribution in [0.3, 0.4) is 0 Å². The molecule has 212 valence electrons. The average Bonchev–Trinajstić information content (AvgIpc) is 3.42. The van der Waals surface area contributed by atoms with Crippen molar-refractivity contribution in [2.75, 3.05) is 28.6 Å². The normalized spacial score (nSPS) is 15.4. The summed E-state index contributed by atoms with van der Waals surface area (Å²) in [7, 11) is 0. The molecule has 5 rings (SSSR count). The average molecular weight is 569 g/mol. The Kier molecular flexibility index (Phi) is 7.68. The largest absolute Gasteiger partial charge is 0.437 e. The molecule has 0 aliphatic carbocycles. The summed E-state index contributed by atoms with van der Waals surface area (Å²) in [5, 5.41) is 4.77. The molecule has 13 heteroatoms. The van der Waals surface area contributed by atoms with E-state index in [1.807, 2.05) is 6.92 Å². The topological polar surface area (TPSA) is 113 Å². The molecule has 2 N–H and O–H groups in total. The summed E-state index contributed by atoms with van der Waals surface area (Å²) in [6.07, 6.45) is -0.362. The number of halogens is 4. The van der Waals surface area contributed by atoms with Gasteiger partial charge in [0.05, 0.1) is 5.69 Å². The van der Waals surface area contributed by atoms with Gasteiger partial charge in [-0.05, 0) is 49.1 Å². The molecule has 0 radical (unpaired) electrons. The van der Waals surface area contributed by atoms with E-state index in [2.05, 4.69) is 25.6 Å². The molecule has 1 atom stereocenters. The summed E-state index contributed by atoms with van der Waals surface area (Å²) in [6, 6.07) is 11.5. The van der Waals surface area contributed by atoms with Crippen molar-refractivity contribution >= 4 is 29.3 Å². The maximum absolute atomic E-state index is 13.8. The van der Waals surface area contributed by atoms with Crippen LogP contribution >= 0.6 is 0 Å². The minimum Gasteiger partial charge on any atom is -0.417 e. The third kappa shape index (κ3) is 6.34. The first-order valence-electron chi connectivity index (χ1n) is 12.7. The van der Waals surface area contributed by atoms with Crippen LogP contribution in [0.1, 0.15) is 46.5 Å². The lowest BCUT2D eigenvalue weighted by atomic mass is 10.0. The van der Waals surface area contributed by atoms with Crippen molar-refractivity contribution in [1.29, 1.82) is 0 Å². The number of carbonyl (C=O) groups is 2. The minimum absolute atomic E-state index is 0.00901. The van der Waals surface area contributed by atoms with E-state index in [0.717, 1.165) is 12.8 Å². The number of para-hydroxylation sites is 1. The van der Waals surface area contributed by atoms with Crippen molar-refractivity contribution in [3.63, 3.8) is 0 Å². The lowest BCUT2D eigenvalue weighted by Crippen LogP contribution is -2.34. The lowest BCUT2D eigenvalue weighted by Gasteiger charge is -2.29. The fraction of sp³-hybridized carbons (Fsp3) is 0.250. The molecule has 2 amide bonds. The van der Waals surface area contributed by atoms with Crippen LogP contribution in [0.25, 0.3) is 11.1 Å². The number of piperidine rings is 1. The molecule has 41 heavy (non-hydrogen) atoms. The molecule has 4 heterocycles. The number of aromatic nitrogens is 3. The quantitative estimate of drug-likeness (QED) is 0.273. The van der Waals surface area contributed by atoms with Crippen molar-refractivity contribution < 1.29 is 31.6 Å². The predicted octanol–water partition coefficient (Wildman–Crippen LogP) is 6.03. The van der Waals surface area contributed by atoms with E-state index in [0.29, 0.717) is 24.2 Å². The number of benzene rings is 1. The Labute approximate surface area is 231 Å². The van der Waals surface area contributed by atoms with Gasteiger partial charge in [-0.2, -0.15) is 18.2 Å². The number of anilines is 3. The van der Waals surface area contributed by atoms with Crippen LogP contribution in [-0.4, -0.2) is 39.9 Å². The van der Waals surface area contributed by atoms with Crippen molar-refractivity contribution in [1.82, 2.24) is 15.0 Å². The second kappa shape index (κ2) is 11.4. The highest BCUT2D eigenvalue weighted by Crippen LogP contribution is 2.35. The Bertz CT molecular complexity index is 1550. The van der Waals surface area contributed by atoms with Crippen LogP contribution < -0.4 is 15.5 Å². The Hall–Kier alpha value is -4.81. The van der Waals surface area contributed by atoms with Gasteiger partial charge in [-0.25, -0.2) is 9.37 Å². The summed E-state index contributed by atoms with van der Waals surface area (Å²) in [4.78, 5) is 38.6. The third-order valence-corrected chi connectivity index (χ3v) is 6.47. The molecule has 9 nitrogen and oxygen atoms in total. The zero-order chi connectivity index (χ0) is 29.1. The van der Waals surface area contributed by atoms with Gasteiger partial charge in [0.25, 0.3) is 17.8 Å². The van der Waals surface area contributed by atoms with E-state index in [1.165, 1.54) is 42.7 Å². The van der Waals surface area contributed by atoms with E-state index in [-0.39, 0.29) is 29.1 Å². The highest BCUT2D eigenvalue weighted by Gasteiger charge is 2.42. The van der Waals surface area contributed by atoms with Crippen molar-refractivity contribution in [3.05, 3.63) is 83.9 Å². The maximum Gasteiger partial charge on any atom is 0.437 e. The van der Waals surface area contributed by atoms with E-state index in [4.69, 9.17) is 4.42 Å². The monoisotopic (exact) mass is 568 g/mol. The number of nitrogens with one attached hydrogen (secondary N) is 2. The molecular formula is C28H24F4N6O3. The zero-order valence-electron chi connectivity index (χ0n) is 21.7. The number of pyridine rings is 2. The molecule has 4 aromatic rings. The van der Waals surface area contributed by atoms with Gasteiger partial charge in [-0.3, -0.25) is 14.6 Å². The summed E-state index contributed by atoms with van der Waals surface area (Å²) < 4.78 is 60.1. The number of carbonyl (C=O) groups excluding carboxylic acids is 2. The Balaban J connectivity index is 1.27. The van der Waals surface area contributed by atoms with Crippen LogP contribution in [0.2, 0.25) is 0 Å². The molecule has 3 aromatic heterocycles. The first-order chi connectivity index (χ1) is 19.6. The highest BCUT2D eigenvalue weighted by molar-refractivity contribution is 6.03. The van der Waals surface area contributed by atoms with Gasteiger partial charge in [0, 0.05) is 36.6 Å². The smallest absolute Gasteiger partial charge is 0.417 e. The number of amides is 2. The summed E-state index contributed by atoms with van der Waals surface area (Å²) in [5.74, 6) is -3.00. The molecule has 1 aliphatic heterocycles. The lowest BCUT2D eigenvalue weighted by molar-refractivity contribution is -0.141. The van der Waals surface area contributed by atoms with Gasteiger partial charge >= 0.3 is 6.18 Å². The predicted molar refractivity (Wildman–Crippen MR) is 142 cm³/mol. The van der Waals surface area contributed by atoms with Crippen LogP contribution in [-0.2, 0) is 6.18 Å². The summed E-state index contributed by atoms with van der Waals surface area (Å²) in [6.45, 7) is 2.95. The van der Waals surface area contributed by atoms with Gasteiger partial charge in [0.2, 0.25) is 5.76 Å². The van der Waals surface area contributed by atoms with E-state index < -0.39 is 35.3 Å². The fourth-order valence-corrected chi connectivity index (χ4v) is 4.41. The van der Waals surface area contributed by atoms with Crippen LogP contribution in [0.4, 0.5) is 35.1 Å². The van der Waals surface area contributed by atoms with Gasteiger partial charge in [0.1, 0.15) is 17.3 Å². The summed E-state index contributed by atoms with van der Waals surface area (Å²) >= 11 is 0. The first-order valence-corrected chi connectivity index (χ1v) is 12.7. The maximum atomic E-state index is 13.8. The van der Waals surface area contributed by atoms with Crippen LogP contribution in [0.5, 0.6) is 0 Å². The van der Waals surface area contributed by atoms with Crippen molar-refractivity contribution in [2.24, 2.45) is 5.92 Å². The molecule has 0 saturated carbocycles. The third-order valence-electron chi connectivity index (χ3n) is 6.47. The Morgan fingerprint density at radius 2 is 1.71 bits per heavy atom. The first kappa shape index (κ1) is 27.7. The van der Waals surface area contributed by atoms with Crippen LogP contribution in [0.15, 0.2) is 65.3 Å². The fourth-order valence-electron chi connectivity index (χ4n) is 4.41. The van der Waals surface area contributed by atoms with Gasteiger partial charge in [0.15, 0.2) is 5.69 Å². The van der Waals surface area contributed by atoms with E-state index >= 15 is 0 Å². The number of nitrogens with zero attached hydrogens (tertiary/aromatic N) is 4. The Morgan fingerprint density at radius 3 is 2.34 bits per heavy atom. The van der Waals surface area contributed by atoms with Gasteiger partial charge in [-0.1, -0.05) is 25.1 Å². The number of alkyl halides is 3. The molecule has 1 saturated heterocycles. The van der Waals surface area contributed by atoms with E-state index in [9.17, 15) is 27.2 Å². The molecule has 1 fully saturated rings. The molecule has 1 unspecified atom stereocenters. The number of hydrogen-bond donors (Lipinski definition) is 2. The summed E-state index contributed by atoms with van der Waals surface area (Å²) in [5.41, 5.74) is -0.179. The SMILES string of the molecule is CC1CCCN(c2nc(C(F)(F)F)c(C(=O)Nc3ccc(-c4ccc(C(=O)Nc5ccccc5F)nc4)cn3)o2)C1. The highest BCUT2D eigenvalue weighted by atomic mass is 19.4. The van der Waals surface area contributed by atoms with Crippen molar-refractivity contribution in [3.8, 4) is 11.1 Å². The second-order valence-corrected chi connectivity index (χ2v) is 9.62. The van der Waals surface area contributed by atoms with Gasteiger partial charge in [-0.15, -0.1) is 0 Å². The van der Waals surface area contributed by atoms with Crippen molar-refractivity contribution in [2.45, 2.75) is 25.9 Å². The minimum atomic E-state index is -4.89. The van der Waals surface area contributed by atoms with Gasteiger partial charge < -0.3 is 20.0 Å². The zero-order valence-corrected chi connectivity index (χ0v) is 21.7. The second-order valence-electron chi connectivity index (χ2n) is 9.62.